The van der Waals surface area contributed by atoms with Crippen LogP contribution in [0, 0.1) is 17.1 Å². The molecule has 1 amide bonds. The van der Waals surface area contributed by atoms with Crippen LogP contribution in [-0.4, -0.2) is 11.9 Å². The van der Waals surface area contributed by atoms with Crippen LogP contribution < -0.4 is 5.32 Å². The van der Waals surface area contributed by atoms with Crippen molar-refractivity contribution in [3.05, 3.63) is 34.6 Å². The first kappa shape index (κ1) is 13.5. The molecule has 0 fully saturated rings. The Morgan fingerprint density at radius 3 is 2.94 bits per heavy atom. The van der Waals surface area contributed by atoms with E-state index in [1.165, 1.54) is 12.1 Å². The molecule has 90 valence electrons. The number of amides is 1. The first-order chi connectivity index (χ1) is 8.08. The smallest absolute Gasteiger partial charge is 0.255 e. The zero-order valence-electron chi connectivity index (χ0n) is 9.34. The molecule has 17 heavy (non-hydrogen) atoms. The number of benzene rings is 1. The third-order valence-corrected chi connectivity index (χ3v) is 2.45. The van der Waals surface area contributed by atoms with Crippen LogP contribution >= 0.6 is 11.6 Å². The van der Waals surface area contributed by atoms with Crippen molar-refractivity contribution in [3.63, 3.8) is 0 Å². The minimum atomic E-state index is -0.653. The van der Waals surface area contributed by atoms with E-state index < -0.39 is 17.8 Å². The number of carbonyl (C=O) groups is 1. The van der Waals surface area contributed by atoms with Crippen LogP contribution in [0.5, 0.6) is 0 Å². The molecule has 1 N–H and O–H groups in total. The number of hydrogen-bond acceptors (Lipinski definition) is 2. The van der Waals surface area contributed by atoms with Gasteiger partial charge in [-0.1, -0.05) is 24.9 Å². The predicted molar refractivity (Wildman–Crippen MR) is 63.2 cm³/mol. The molecule has 1 atom stereocenters. The summed E-state index contributed by atoms with van der Waals surface area (Å²) in [4.78, 5) is 11.7. The number of halogens is 2. The average molecular weight is 255 g/mol. The Kier molecular flexibility index (Phi) is 4.92. The van der Waals surface area contributed by atoms with Gasteiger partial charge in [0.15, 0.2) is 0 Å². The number of rotatable bonds is 4. The highest BCUT2D eigenvalue weighted by Gasteiger charge is 2.16. The summed E-state index contributed by atoms with van der Waals surface area (Å²) < 4.78 is 13.4. The number of nitrogens with one attached hydrogen (secondary N) is 1. The van der Waals surface area contributed by atoms with Gasteiger partial charge in [-0.3, -0.25) is 4.79 Å². The van der Waals surface area contributed by atoms with Crippen LogP contribution in [-0.2, 0) is 0 Å². The topological polar surface area (TPSA) is 52.9 Å². The number of hydrogen-bond donors (Lipinski definition) is 1. The van der Waals surface area contributed by atoms with Gasteiger partial charge in [-0.15, -0.1) is 0 Å². The van der Waals surface area contributed by atoms with E-state index in [9.17, 15) is 9.18 Å². The number of nitrogens with zero attached hydrogens (tertiary/aromatic N) is 1. The second-order valence-corrected chi connectivity index (χ2v) is 4.00. The largest absolute Gasteiger partial charge is 0.336 e. The number of carbonyl (C=O) groups excluding carboxylic acids is 1. The van der Waals surface area contributed by atoms with Crippen molar-refractivity contribution in [2.24, 2.45) is 0 Å². The maximum absolute atomic E-state index is 13.4. The van der Waals surface area contributed by atoms with Crippen molar-refractivity contribution in [1.82, 2.24) is 5.32 Å². The van der Waals surface area contributed by atoms with Crippen LogP contribution in [0.15, 0.2) is 18.2 Å². The van der Waals surface area contributed by atoms with E-state index in [1.54, 1.807) is 0 Å². The zero-order valence-corrected chi connectivity index (χ0v) is 10.1. The van der Waals surface area contributed by atoms with Crippen molar-refractivity contribution in [1.29, 1.82) is 5.26 Å². The van der Waals surface area contributed by atoms with Crippen LogP contribution in [0.3, 0.4) is 0 Å². The standard InChI is InChI=1S/C12H12ClFN2O/c1-2-3-9(7-15)16-12(17)10-6-8(13)4-5-11(10)14/h4-6,9H,2-3H2,1H3,(H,16,17). The minimum absolute atomic E-state index is 0.145. The van der Waals surface area contributed by atoms with Gasteiger partial charge in [0.2, 0.25) is 0 Å². The summed E-state index contributed by atoms with van der Waals surface area (Å²) in [6.07, 6.45) is 1.29. The van der Waals surface area contributed by atoms with Gasteiger partial charge in [-0.2, -0.15) is 5.26 Å². The van der Waals surface area contributed by atoms with E-state index in [4.69, 9.17) is 16.9 Å². The van der Waals surface area contributed by atoms with E-state index in [0.29, 0.717) is 6.42 Å². The van der Waals surface area contributed by atoms with Crippen molar-refractivity contribution in [3.8, 4) is 6.07 Å². The molecule has 1 aromatic carbocycles. The van der Waals surface area contributed by atoms with Crippen molar-refractivity contribution >= 4 is 17.5 Å². The second-order valence-electron chi connectivity index (χ2n) is 3.57. The summed E-state index contributed by atoms with van der Waals surface area (Å²) in [5.41, 5.74) is -0.145. The maximum atomic E-state index is 13.4. The van der Waals surface area contributed by atoms with E-state index in [0.717, 1.165) is 12.5 Å². The van der Waals surface area contributed by atoms with Gasteiger partial charge in [0.05, 0.1) is 11.6 Å². The lowest BCUT2D eigenvalue weighted by Crippen LogP contribution is -2.34. The van der Waals surface area contributed by atoms with Gasteiger partial charge in [-0.05, 0) is 24.6 Å². The molecule has 1 unspecified atom stereocenters. The van der Waals surface area contributed by atoms with Crippen molar-refractivity contribution in [2.75, 3.05) is 0 Å². The normalized spacial score (nSPS) is 11.6. The first-order valence-electron chi connectivity index (χ1n) is 5.24. The molecular formula is C12H12ClFN2O. The Bertz CT molecular complexity index is 456. The fourth-order valence-corrected chi connectivity index (χ4v) is 1.54. The Balaban J connectivity index is 2.83. The Hall–Kier alpha value is -1.60. The quantitative estimate of drug-likeness (QED) is 0.898. The van der Waals surface area contributed by atoms with Gasteiger partial charge in [0.1, 0.15) is 11.9 Å². The molecule has 1 aromatic rings. The fraction of sp³-hybridized carbons (Fsp3) is 0.333. The Morgan fingerprint density at radius 2 is 2.35 bits per heavy atom. The number of nitriles is 1. The van der Waals surface area contributed by atoms with Crippen molar-refractivity contribution in [2.45, 2.75) is 25.8 Å². The Labute approximate surface area is 104 Å². The molecule has 0 saturated heterocycles. The summed E-state index contributed by atoms with van der Waals surface area (Å²) >= 11 is 5.68. The van der Waals surface area contributed by atoms with Gasteiger partial charge in [-0.25, -0.2) is 4.39 Å². The highest BCUT2D eigenvalue weighted by Crippen LogP contribution is 2.15. The summed E-state index contributed by atoms with van der Waals surface area (Å²) in [7, 11) is 0. The van der Waals surface area contributed by atoms with E-state index in [1.807, 2.05) is 13.0 Å². The summed E-state index contributed by atoms with van der Waals surface area (Å²) in [5.74, 6) is -1.27. The second kappa shape index (κ2) is 6.21. The molecular weight excluding hydrogens is 243 g/mol. The Morgan fingerprint density at radius 1 is 1.65 bits per heavy atom. The molecule has 0 aliphatic heterocycles. The molecule has 0 aliphatic carbocycles. The van der Waals surface area contributed by atoms with E-state index in [2.05, 4.69) is 5.32 Å². The molecule has 0 aromatic heterocycles. The third kappa shape index (κ3) is 3.72. The summed E-state index contributed by atoms with van der Waals surface area (Å²) in [5, 5.41) is 11.5. The molecule has 0 bridgehead atoms. The molecule has 0 spiro atoms. The minimum Gasteiger partial charge on any atom is -0.336 e. The van der Waals surface area contributed by atoms with Gasteiger partial charge >= 0.3 is 0 Å². The monoisotopic (exact) mass is 254 g/mol. The zero-order chi connectivity index (χ0) is 12.8. The van der Waals surface area contributed by atoms with Crippen LogP contribution in [0.25, 0.3) is 0 Å². The maximum Gasteiger partial charge on any atom is 0.255 e. The average Bonchev–Trinajstić information content (AvgIpc) is 2.31. The highest BCUT2D eigenvalue weighted by atomic mass is 35.5. The van der Waals surface area contributed by atoms with Gasteiger partial charge in [0, 0.05) is 5.02 Å². The van der Waals surface area contributed by atoms with Crippen molar-refractivity contribution < 1.29 is 9.18 Å². The SMILES string of the molecule is CCCC(C#N)NC(=O)c1cc(Cl)ccc1F. The third-order valence-electron chi connectivity index (χ3n) is 2.21. The lowest BCUT2D eigenvalue weighted by atomic mass is 10.1. The molecule has 0 heterocycles. The van der Waals surface area contributed by atoms with Crippen LogP contribution in [0.1, 0.15) is 30.1 Å². The van der Waals surface area contributed by atoms with Gasteiger partial charge in [0.25, 0.3) is 5.91 Å². The summed E-state index contributed by atoms with van der Waals surface area (Å²) in [6, 6.07) is 5.07. The molecule has 1 rings (SSSR count). The van der Waals surface area contributed by atoms with Crippen LogP contribution in [0.4, 0.5) is 4.39 Å². The molecule has 0 radical (unpaired) electrons. The van der Waals surface area contributed by atoms with Crippen LogP contribution in [0.2, 0.25) is 5.02 Å². The predicted octanol–water partition coefficient (Wildman–Crippen LogP) is 2.90. The lowest BCUT2D eigenvalue weighted by molar-refractivity contribution is 0.0940. The van der Waals surface area contributed by atoms with Gasteiger partial charge < -0.3 is 5.32 Å². The lowest BCUT2D eigenvalue weighted by Gasteiger charge is -2.10. The van der Waals surface area contributed by atoms with E-state index >= 15 is 0 Å². The first-order valence-corrected chi connectivity index (χ1v) is 5.61. The summed E-state index contributed by atoms with van der Waals surface area (Å²) in [6.45, 7) is 1.90. The highest BCUT2D eigenvalue weighted by molar-refractivity contribution is 6.31. The molecule has 5 heteroatoms. The molecule has 3 nitrogen and oxygen atoms in total. The molecule has 0 saturated carbocycles. The van der Waals surface area contributed by atoms with E-state index in [-0.39, 0.29) is 10.6 Å². The molecule has 0 aliphatic rings. The fourth-order valence-electron chi connectivity index (χ4n) is 1.37.